The Labute approximate surface area is 87.2 Å². The van der Waals surface area contributed by atoms with Crippen LogP contribution >= 0.6 is 0 Å². The number of hydrogen-bond donors (Lipinski definition) is 1. The highest BCUT2D eigenvalue weighted by Gasteiger charge is 2.23. The minimum Gasteiger partial charge on any atom is -0.433 e. The Bertz CT molecular complexity index is 360. The predicted molar refractivity (Wildman–Crippen MR) is 53.1 cm³/mol. The number of hydrogen-bond acceptors (Lipinski definition) is 2. The van der Waals surface area contributed by atoms with E-state index in [2.05, 4.69) is 10.1 Å². The Morgan fingerprint density at radius 1 is 1.33 bits per heavy atom. The molecule has 0 amide bonds. The van der Waals surface area contributed by atoms with Crippen molar-refractivity contribution in [3.05, 3.63) is 29.3 Å². The van der Waals surface area contributed by atoms with Crippen molar-refractivity contribution in [3.63, 3.8) is 0 Å². The molecule has 1 N–H and O–H groups in total. The second-order valence-electron chi connectivity index (χ2n) is 3.77. The van der Waals surface area contributed by atoms with Crippen LogP contribution in [0.25, 0.3) is 0 Å². The van der Waals surface area contributed by atoms with E-state index in [0.717, 1.165) is 37.6 Å². The molecule has 0 saturated carbocycles. The fourth-order valence-corrected chi connectivity index (χ4v) is 1.72. The number of alkyl halides is 2. The number of rotatable bonds is 2. The van der Waals surface area contributed by atoms with Crippen molar-refractivity contribution in [2.45, 2.75) is 26.0 Å². The molecule has 0 unspecified atom stereocenters. The van der Waals surface area contributed by atoms with Crippen molar-refractivity contribution in [2.24, 2.45) is 0 Å². The molecule has 0 radical (unpaired) electrons. The topological polar surface area (TPSA) is 21.3 Å². The molecule has 0 spiro atoms. The number of ether oxygens (including phenoxy) is 1. The summed E-state index contributed by atoms with van der Waals surface area (Å²) in [5.41, 5.74) is 2.25. The van der Waals surface area contributed by atoms with Crippen LogP contribution in [0.15, 0.2) is 18.2 Å². The van der Waals surface area contributed by atoms with Crippen molar-refractivity contribution in [1.29, 1.82) is 0 Å². The summed E-state index contributed by atoms with van der Waals surface area (Å²) in [6, 6.07) is 5.12. The van der Waals surface area contributed by atoms with Crippen LogP contribution in [0.5, 0.6) is 5.75 Å². The predicted octanol–water partition coefficient (Wildman–Crippen LogP) is 2.32. The van der Waals surface area contributed by atoms with Crippen molar-refractivity contribution in [1.82, 2.24) is 5.32 Å². The van der Waals surface area contributed by atoms with Gasteiger partial charge in [-0.25, -0.2) is 0 Å². The molecule has 2 rings (SSSR count). The SMILES string of the molecule is CC(F)(F)Oc1ccc2c(c1)CCNC2. The molecule has 0 bridgehead atoms. The largest absolute Gasteiger partial charge is 0.433 e. The molecular weight excluding hydrogens is 200 g/mol. The van der Waals surface area contributed by atoms with Gasteiger partial charge in [-0.1, -0.05) is 6.07 Å². The molecule has 82 valence electrons. The first-order valence-electron chi connectivity index (χ1n) is 4.94. The Morgan fingerprint density at radius 3 is 2.87 bits per heavy atom. The van der Waals surface area contributed by atoms with E-state index in [4.69, 9.17) is 0 Å². The van der Waals surface area contributed by atoms with Gasteiger partial charge in [0.25, 0.3) is 0 Å². The van der Waals surface area contributed by atoms with E-state index in [-0.39, 0.29) is 5.75 Å². The van der Waals surface area contributed by atoms with E-state index in [1.54, 1.807) is 12.1 Å². The maximum absolute atomic E-state index is 12.6. The molecule has 0 aromatic heterocycles. The third kappa shape index (κ3) is 2.65. The van der Waals surface area contributed by atoms with Crippen molar-refractivity contribution >= 4 is 0 Å². The van der Waals surface area contributed by atoms with Gasteiger partial charge >= 0.3 is 6.11 Å². The molecule has 1 heterocycles. The summed E-state index contributed by atoms with van der Waals surface area (Å²) < 4.78 is 29.7. The number of halogens is 2. The first-order chi connectivity index (χ1) is 7.04. The zero-order valence-corrected chi connectivity index (χ0v) is 8.52. The Morgan fingerprint density at radius 2 is 2.13 bits per heavy atom. The average molecular weight is 213 g/mol. The van der Waals surface area contributed by atoms with Gasteiger partial charge in [-0.2, -0.15) is 8.78 Å². The molecule has 0 saturated heterocycles. The summed E-state index contributed by atoms with van der Waals surface area (Å²) in [6.07, 6.45) is -2.25. The molecular formula is C11H13F2NO. The number of nitrogens with one attached hydrogen (secondary N) is 1. The molecule has 1 aromatic carbocycles. The Hall–Kier alpha value is -1.16. The summed E-state index contributed by atoms with van der Waals surface area (Å²) >= 11 is 0. The van der Waals surface area contributed by atoms with Crippen LogP contribution in [0.4, 0.5) is 8.78 Å². The van der Waals surface area contributed by atoms with Gasteiger partial charge in [0.15, 0.2) is 0 Å². The third-order valence-corrected chi connectivity index (χ3v) is 2.36. The lowest BCUT2D eigenvalue weighted by Crippen LogP contribution is -2.24. The summed E-state index contributed by atoms with van der Waals surface area (Å²) in [6.45, 7) is 2.44. The fraction of sp³-hybridized carbons (Fsp3) is 0.455. The molecule has 1 aliphatic rings. The Kier molecular flexibility index (Phi) is 2.61. The van der Waals surface area contributed by atoms with E-state index in [1.165, 1.54) is 0 Å². The summed E-state index contributed by atoms with van der Waals surface area (Å²) in [7, 11) is 0. The highest BCUT2D eigenvalue weighted by molar-refractivity contribution is 5.37. The van der Waals surface area contributed by atoms with E-state index in [9.17, 15) is 8.78 Å². The summed E-state index contributed by atoms with van der Waals surface area (Å²) in [5, 5.41) is 3.22. The number of benzene rings is 1. The first-order valence-corrected chi connectivity index (χ1v) is 4.94. The lowest BCUT2D eigenvalue weighted by molar-refractivity contribution is -0.159. The Balaban J connectivity index is 2.21. The van der Waals surface area contributed by atoms with Crippen LogP contribution in [0.2, 0.25) is 0 Å². The molecule has 15 heavy (non-hydrogen) atoms. The molecule has 0 fully saturated rings. The van der Waals surface area contributed by atoms with E-state index in [1.807, 2.05) is 6.07 Å². The molecule has 1 aromatic rings. The van der Waals surface area contributed by atoms with Crippen molar-refractivity contribution in [2.75, 3.05) is 6.54 Å². The van der Waals surface area contributed by atoms with Gasteiger partial charge in [0, 0.05) is 13.5 Å². The van der Waals surface area contributed by atoms with Crippen LogP contribution in [0, 0.1) is 0 Å². The van der Waals surface area contributed by atoms with Gasteiger partial charge < -0.3 is 10.1 Å². The normalized spacial score (nSPS) is 15.9. The van der Waals surface area contributed by atoms with E-state index >= 15 is 0 Å². The molecule has 1 aliphatic heterocycles. The van der Waals surface area contributed by atoms with Crippen LogP contribution in [0.1, 0.15) is 18.1 Å². The average Bonchev–Trinajstić information content (AvgIpc) is 2.15. The van der Waals surface area contributed by atoms with Crippen LogP contribution in [0.3, 0.4) is 0 Å². The van der Waals surface area contributed by atoms with E-state index in [0.29, 0.717) is 0 Å². The third-order valence-electron chi connectivity index (χ3n) is 2.36. The van der Waals surface area contributed by atoms with Gasteiger partial charge in [0.2, 0.25) is 0 Å². The second kappa shape index (κ2) is 3.77. The minimum atomic E-state index is -3.11. The molecule has 0 aliphatic carbocycles. The van der Waals surface area contributed by atoms with Crippen molar-refractivity contribution < 1.29 is 13.5 Å². The standard InChI is InChI=1S/C11H13F2NO/c1-11(12,13)15-10-3-2-9-7-14-5-4-8(9)6-10/h2-3,6,14H,4-5,7H2,1H3. The van der Waals surface area contributed by atoms with Gasteiger partial charge in [-0.3, -0.25) is 0 Å². The molecule has 0 atom stereocenters. The van der Waals surface area contributed by atoms with E-state index < -0.39 is 6.11 Å². The lowest BCUT2D eigenvalue weighted by atomic mass is 10.0. The van der Waals surface area contributed by atoms with Gasteiger partial charge in [0.05, 0.1) is 0 Å². The fourth-order valence-electron chi connectivity index (χ4n) is 1.72. The van der Waals surface area contributed by atoms with Crippen LogP contribution < -0.4 is 10.1 Å². The maximum Gasteiger partial charge on any atom is 0.394 e. The van der Waals surface area contributed by atoms with Crippen molar-refractivity contribution in [3.8, 4) is 5.75 Å². The molecule has 4 heteroatoms. The summed E-state index contributed by atoms with van der Waals surface area (Å²) in [5.74, 6) is 0.239. The maximum atomic E-state index is 12.6. The van der Waals surface area contributed by atoms with Crippen LogP contribution in [-0.2, 0) is 13.0 Å². The van der Waals surface area contributed by atoms with Gasteiger partial charge in [0.1, 0.15) is 5.75 Å². The highest BCUT2D eigenvalue weighted by atomic mass is 19.3. The quantitative estimate of drug-likeness (QED) is 0.814. The monoisotopic (exact) mass is 213 g/mol. The summed E-state index contributed by atoms with van der Waals surface area (Å²) in [4.78, 5) is 0. The zero-order chi connectivity index (χ0) is 10.9. The second-order valence-corrected chi connectivity index (χ2v) is 3.77. The zero-order valence-electron chi connectivity index (χ0n) is 8.52. The smallest absolute Gasteiger partial charge is 0.394 e. The van der Waals surface area contributed by atoms with Crippen LogP contribution in [-0.4, -0.2) is 12.7 Å². The first kappa shape index (κ1) is 10.4. The molecule has 2 nitrogen and oxygen atoms in total. The minimum absolute atomic E-state index is 0.239. The number of fused-ring (bicyclic) bond motifs is 1. The van der Waals surface area contributed by atoms with Gasteiger partial charge in [-0.15, -0.1) is 0 Å². The lowest BCUT2D eigenvalue weighted by Gasteiger charge is -2.19. The van der Waals surface area contributed by atoms with Gasteiger partial charge in [-0.05, 0) is 36.2 Å². The highest BCUT2D eigenvalue weighted by Crippen LogP contribution is 2.25.